The van der Waals surface area contributed by atoms with Gasteiger partial charge in [0.2, 0.25) is 5.91 Å². The van der Waals surface area contributed by atoms with Crippen LogP contribution in [0.25, 0.3) is 0 Å². The second-order valence-electron chi connectivity index (χ2n) is 7.96. The molecule has 2 fully saturated rings. The Morgan fingerprint density at radius 1 is 1.00 bits per heavy atom. The molecular formula is C23H28Cl2FN3O. The predicted molar refractivity (Wildman–Crippen MR) is 122 cm³/mol. The van der Waals surface area contributed by atoms with Crippen molar-refractivity contribution in [3.63, 3.8) is 0 Å². The number of halogens is 3. The maximum atomic E-state index is 13.1. The van der Waals surface area contributed by atoms with E-state index in [2.05, 4.69) is 9.80 Å². The van der Waals surface area contributed by atoms with Crippen molar-refractivity contribution >= 4 is 35.6 Å². The average Bonchev–Trinajstić information content (AvgIpc) is 2.76. The molecule has 2 aromatic rings. The van der Waals surface area contributed by atoms with Gasteiger partial charge in [0.25, 0.3) is 0 Å². The van der Waals surface area contributed by atoms with Crippen LogP contribution in [0.2, 0.25) is 5.02 Å². The number of para-hydroxylation sites is 1. The van der Waals surface area contributed by atoms with Gasteiger partial charge < -0.3 is 9.80 Å². The van der Waals surface area contributed by atoms with Crippen LogP contribution in [0, 0.1) is 11.7 Å². The van der Waals surface area contributed by atoms with Crippen LogP contribution in [0.1, 0.15) is 18.4 Å². The Hall–Kier alpha value is -1.82. The molecule has 7 heteroatoms. The maximum absolute atomic E-state index is 13.1. The Morgan fingerprint density at radius 3 is 2.40 bits per heavy atom. The third-order valence-corrected chi connectivity index (χ3v) is 6.28. The normalized spacial score (nSPS) is 20.0. The van der Waals surface area contributed by atoms with Crippen LogP contribution in [0.3, 0.4) is 0 Å². The van der Waals surface area contributed by atoms with Crippen molar-refractivity contribution in [1.29, 1.82) is 0 Å². The van der Waals surface area contributed by atoms with Gasteiger partial charge in [-0.1, -0.05) is 35.9 Å². The second-order valence-corrected chi connectivity index (χ2v) is 8.37. The van der Waals surface area contributed by atoms with Crippen LogP contribution in [0.4, 0.5) is 10.1 Å². The quantitative estimate of drug-likeness (QED) is 0.686. The van der Waals surface area contributed by atoms with Crippen molar-refractivity contribution in [2.75, 3.05) is 44.2 Å². The number of amides is 1. The largest absolute Gasteiger partial charge is 0.367 e. The summed E-state index contributed by atoms with van der Waals surface area (Å²) in [5.74, 6) is 0.111. The first-order valence-electron chi connectivity index (χ1n) is 10.4. The number of carbonyl (C=O) groups is 1. The molecule has 2 saturated heterocycles. The van der Waals surface area contributed by atoms with Crippen molar-refractivity contribution in [1.82, 2.24) is 9.80 Å². The number of anilines is 1. The van der Waals surface area contributed by atoms with Crippen LogP contribution < -0.4 is 4.90 Å². The number of hydrogen-bond acceptors (Lipinski definition) is 3. The van der Waals surface area contributed by atoms with Gasteiger partial charge >= 0.3 is 0 Å². The monoisotopic (exact) mass is 451 g/mol. The summed E-state index contributed by atoms with van der Waals surface area (Å²) in [5.41, 5.74) is 2.14. The number of likely N-dealkylation sites (tertiary alicyclic amines) is 1. The lowest BCUT2D eigenvalue weighted by Gasteiger charge is -2.40. The molecule has 0 saturated carbocycles. The van der Waals surface area contributed by atoms with Crippen molar-refractivity contribution < 1.29 is 9.18 Å². The highest BCUT2D eigenvalue weighted by Crippen LogP contribution is 2.27. The molecule has 0 radical (unpaired) electrons. The summed E-state index contributed by atoms with van der Waals surface area (Å²) < 4.78 is 13.1. The molecule has 1 amide bonds. The Morgan fingerprint density at radius 2 is 1.70 bits per heavy atom. The zero-order chi connectivity index (χ0) is 20.2. The number of nitrogens with zero attached hydrogens (tertiary/aromatic N) is 3. The topological polar surface area (TPSA) is 26.8 Å². The van der Waals surface area contributed by atoms with Crippen molar-refractivity contribution in [3.05, 3.63) is 64.9 Å². The SMILES string of the molecule is Cl.O=C(C1CCCN(Cc2ccc(F)cc2)C1)N1CCN(c2ccccc2Cl)CC1. The van der Waals surface area contributed by atoms with Crippen LogP contribution in [0.5, 0.6) is 0 Å². The maximum Gasteiger partial charge on any atom is 0.227 e. The molecule has 0 aliphatic carbocycles. The van der Waals surface area contributed by atoms with E-state index in [0.717, 1.165) is 74.9 Å². The molecule has 4 nitrogen and oxygen atoms in total. The Labute approximate surface area is 189 Å². The standard InChI is InChI=1S/C23H27ClFN3O.ClH/c24-21-5-1-2-6-22(21)27-12-14-28(15-13-27)23(29)19-4-3-11-26(17-19)16-18-7-9-20(25)10-8-18;/h1-2,5-10,19H,3-4,11-17H2;1H. The zero-order valence-electron chi connectivity index (χ0n) is 17.0. The molecule has 1 unspecified atom stereocenters. The fraction of sp³-hybridized carbons (Fsp3) is 0.435. The first-order chi connectivity index (χ1) is 14.1. The fourth-order valence-corrected chi connectivity index (χ4v) is 4.64. The third-order valence-electron chi connectivity index (χ3n) is 5.96. The highest BCUT2D eigenvalue weighted by atomic mass is 35.5. The smallest absolute Gasteiger partial charge is 0.227 e. The van der Waals surface area contributed by atoms with Crippen LogP contribution in [-0.4, -0.2) is 55.0 Å². The lowest BCUT2D eigenvalue weighted by Crippen LogP contribution is -2.52. The average molecular weight is 452 g/mol. The number of rotatable bonds is 4. The zero-order valence-corrected chi connectivity index (χ0v) is 18.5. The summed E-state index contributed by atoms with van der Waals surface area (Å²) in [6.07, 6.45) is 1.97. The summed E-state index contributed by atoms with van der Waals surface area (Å²) in [6, 6.07) is 14.5. The molecule has 2 aromatic carbocycles. The summed E-state index contributed by atoms with van der Waals surface area (Å²) in [4.78, 5) is 19.7. The number of piperidine rings is 1. The van der Waals surface area contributed by atoms with Crippen LogP contribution in [0.15, 0.2) is 48.5 Å². The minimum Gasteiger partial charge on any atom is -0.367 e. The number of hydrogen-bond donors (Lipinski definition) is 0. The minimum atomic E-state index is -0.212. The molecule has 1 atom stereocenters. The Kier molecular flexibility index (Phi) is 7.98. The van der Waals surface area contributed by atoms with Crippen LogP contribution in [-0.2, 0) is 11.3 Å². The van der Waals surface area contributed by atoms with Gasteiger partial charge in [0.1, 0.15) is 5.82 Å². The lowest BCUT2D eigenvalue weighted by molar-refractivity contribution is -0.137. The van der Waals surface area contributed by atoms with E-state index in [1.54, 1.807) is 0 Å². The molecule has 0 aromatic heterocycles. The highest BCUT2D eigenvalue weighted by Gasteiger charge is 2.31. The summed E-state index contributed by atoms with van der Waals surface area (Å²) >= 11 is 6.32. The molecule has 2 aliphatic heterocycles. The van der Waals surface area contributed by atoms with E-state index in [9.17, 15) is 9.18 Å². The number of benzene rings is 2. The van der Waals surface area contributed by atoms with E-state index in [1.165, 1.54) is 12.1 Å². The van der Waals surface area contributed by atoms with Gasteiger partial charge in [-0.3, -0.25) is 9.69 Å². The fourth-order valence-electron chi connectivity index (χ4n) is 4.38. The molecule has 30 heavy (non-hydrogen) atoms. The van der Waals surface area contributed by atoms with Gasteiger partial charge in [-0.05, 0) is 49.2 Å². The molecule has 0 spiro atoms. The molecule has 0 N–H and O–H groups in total. The molecule has 0 bridgehead atoms. The van der Waals surface area contributed by atoms with Crippen molar-refractivity contribution in [3.8, 4) is 0 Å². The van der Waals surface area contributed by atoms with Gasteiger partial charge in [0.05, 0.1) is 16.6 Å². The molecule has 162 valence electrons. The molecular weight excluding hydrogens is 424 g/mol. The third kappa shape index (κ3) is 5.45. The van der Waals surface area contributed by atoms with Crippen molar-refractivity contribution in [2.24, 2.45) is 5.92 Å². The Bertz CT molecular complexity index is 841. The first kappa shape index (κ1) is 22.9. The molecule has 2 heterocycles. The summed E-state index contributed by atoms with van der Waals surface area (Å²) in [6.45, 7) is 5.62. The number of carbonyl (C=O) groups excluding carboxylic acids is 1. The van der Waals surface area contributed by atoms with Gasteiger partial charge in [-0.2, -0.15) is 0 Å². The summed E-state index contributed by atoms with van der Waals surface area (Å²) in [5, 5.41) is 0.760. The summed E-state index contributed by atoms with van der Waals surface area (Å²) in [7, 11) is 0. The van der Waals surface area contributed by atoms with E-state index in [4.69, 9.17) is 11.6 Å². The van der Waals surface area contributed by atoms with Crippen LogP contribution >= 0.6 is 24.0 Å². The van der Waals surface area contributed by atoms with E-state index in [-0.39, 0.29) is 30.0 Å². The molecule has 2 aliphatic rings. The van der Waals surface area contributed by atoms with E-state index < -0.39 is 0 Å². The lowest BCUT2D eigenvalue weighted by atomic mass is 9.95. The minimum absolute atomic E-state index is 0. The highest BCUT2D eigenvalue weighted by molar-refractivity contribution is 6.33. The van der Waals surface area contributed by atoms with Gasteiger partial charge in [-0.25, -0.2) is 4.39 Å². The molecule has 4 rings (SSSR count). The second kappa shape index (κ2) is 10.5. The van der Waals surface area contributed by atoms with Gasteiger partial charge in [0, 0.05) is 39.3 Å². The van der Waals surface area contributed by atoms with Gasteiger partial charge in [0.15, 0.2) is 0 Å². The van der Waals surface area contributed by atoms with E-state index in [1.807, 2.05) is 41.3 Å². The number of piperazine rings is 1. The first-order valence-corrected chi connectivity index (χ1v) is 10.7. The van der Waals surface area contributed by atoms with Gasteiger partial charge in [-0.15, -0.1) is 12.4 Å². The van der Waals surface area contributed by atoms with E-state index in [0.29, 0.717) is 0 Å². The predicted octanol–water partition coefficient (Wildman–Crippen LogP) is 4.46. The van der Waals surface area contributed by atoms with E-state index >= 15 is 0 Å². The van der Waals surface area contributed by atoms with Crippen molar-refractivity contribution in [2.45, 2.75) is 19.4 Å². The Balaban J connectivity index is 0.00000256.